The summed E-state index contributed by atoms with van der Waals surface area (Å²) >= 11 is 7.24. The maximum absolute atomic E-state index is 13.1. The van der Waals surface area contributed by atoms with Gasteiger partial charge in [0, 0.05) is 16.3 Å². The van der Waals surface area contributed by atoms with Crippen molar-refractivity contribution in [3.8, 4) is 0 Å². The lowest BCUT2D eigenvalue weighted by atomic mass is 10.2. The molecule has 0 atom stereocenters. The Morgan fingerprint density at radius 3 is 2.13 bits per heavy atom. The van der Waals surface area contributed by atoms with Gasteiger partial charge in [-0.3, -0.25) is 4.79 Å². The van der Waals surface area contributed by atoms with Crippen LogP contribution in [0.25, 0.3) is 0 Å². The molecule has 0 fully saturated rings. The average Bonchev–Trinajstić information content (AvgIpc) is 2.70. The third-order valence-electron chi connectivity index (χ3n) is 4.16. The summed E-state index contributed by atoms with van der Waals surface area (Å²) in [5, 5.41) is 5.43. The van der Waals surface area contributed by atoms with E-state index in [9.17, 15) is 22.0 Å². The van der Waals surface area contributed by atoms with Gasteiger partial charge in [-0.25, -0.2) is 8.78 Å². The lowest BCUT2D eigenvalue weighted by Crippen LogP contribution is -2.18. The van der Waals surface area contributed by atoms with Gasteiger partial charge < -0.3 is 10.6 Å². The maximum Gasteiger partial charge on any atom is 0.285 e. The molecule has 0 saturated heterocycles. The Morgan fingerprint density at radius 2 is 1.52 bits per heavy atom. The van der Waals surface area contributed by atoms with E-state index in [2.05, 4.69) is 15.0 Å². The van der Waals surface area contributed by atoms with Gasteiger partial charge in [0.15, 0.2) is 5.17 Å². The predicted molar refractivity (Wildman–Crippen MR) is 116 cm³/mol. The van der Waals surface area contributed by atoms with Crippen molar-refractivity contribution in [1.82, 2.24) is 0 Å². The molecule has 4 rings (SSSR count). The van der Waals surface area contributed by atoms with E-state index in [4.69, 9.17) is 11.6 Å². The minimum Gasteiger partial charge on any atom is -0.334 e. The molecular formula is C20H12ClF2N3O3S2. The van der Waals surface area contributed by atoms with E-state index < -0.39 is 27.6 Å². The Kier molecular flexibility index (Phi) is 5.69. The molecule has 0 saturated carbocycles. The number of amidine groups is 1. The first-order valence-corrected chi connectivity index (χ1v) is 11.3. The molecule has 31 heavy (non-hydrogen) atoms. The van der Waals surface area contributed by atoms with Crippen LogP contribution in [0.3, 0.4) is 0 Å². The van der Waals surface area contributed by atoms with Crippen molar-refractivity contribution in [3.63, 3.8) is 0 Å². The van der Waals surface area contributed by atoms with Crippen LogP contribution in [-0.2, 0) is 10.0 Å². The minimum absolute atomic E-state index is 0.0316. The first-order valence-electron chi connectivity index (χ1n) is 8.67. The maximum atomic E-state index is 13.1. The fraction of sp³-hybridized carbons (Fsp3) is 0. The zero-order valence-electron chi connectivity index (χ0n) is 15.4. The normalized spacial score (nSPS) is 14.4. The van der Waals surface area contributed by atoms with Crippen molar-refractivity contribution in [3.05, 3.63) is 82.9 Å². The van der Waals surface area contributed by atoms with E-state index in [0.717, 1.165) is 17.8 Å². The molecule has 3 aromatic rings. The highest BCUT2D eigenvalue weighted by atomic mass is 35.5. The van der Waals surface area contributed by atoms with Crippen LogP contribution in [0.2, 0.25) is 5.02 Å². The molecule has 0 bridgehead atoms. The standard InChI is InChI=1S/C20H12ClF2N3O3S2/c21-16-10-17-18(9-15(16)19(27)24-13-5-1-11(22)2-6-13)31(28,29)26-20(30-17)25-14-7-3-12(23)4-8-14/h1-10H,(H,24,27)(H,25,26). The number of sulfonamides is 1. The highest BCUT2D eigenvalue weighted by Gasteiger charge is 2.29. The summed E-state index contributed by atoms with van der Waals surface area (Å²) < 4.78 is 55.2. The molecule has 3 aromatic carbocycles. The number of halogens is 3. The number of thioether (sulfide) groups is 1. The van der Waals surface area contributed by atoms with Gasteiger partial charge in [-0.2, -0.15) is 8.42 Å². The van der Waals surface area contributed by atoms with Crippen molar-refractivity contribution in [2.75, 3.05) is 10.6 Å². The Bertz CT molecular complexity index is 1310. The second kappa shape index (κ2) is 8.29. The topological polar surface area (TPSA) is 87.6 Å². The molecular weight excluding hydrogens is 468 g/mol. The molecule has 0 radical (unpaired) electrons. The third kappa shape index (κ3) is 4.71. The number of nitrogens with one attached hydrogen (secondary N) is 2. The van der Waals surface area contributed by atoms with Gasteiger partial charge in [-0.1, -0.05) is 11.6 Å². The molecule has 158 valence electrons. The van der Waals surface area contributed by atoms with Crippen LogP contribution in [-0.4, -0.2) is 19.5 Å². The lowest BCUT2D eigenvalue weighted by Gasteiger charge is -2.18. The van der Waals surface area contributed by atoms with E-state index in [1.807, 2.05) is 0 Å². The molecule has 0 spiro atoms. The Balaban J connectivity index is 1.62. The number of hydrogen-bond acceptors (Lipinski definition) is 5. The summed E-state index contributed by atoms with van der Waals surface area (Å²) in [4.78, 5) is 12.7. The van der Waals surface area contributed by atoms with E-state index in [0.29, 0.717) is 11.4 Å². The first kappa shape index (κ1) is 21.3. The first-order chi connectivity index (χ1) is 14.7. The molecule has 6 nitrogen and oxygen atoms in total. The van der Waals surface area contributed by atoms with Crippen LogP contribution >= 0.6 is 23.4 Å². The van der Waals surface area contributed by atoms with Crippen molar-refractivity contribution >= 4 is 55.8 Å². The molecule has 11 heteroatoms. The molecule has 1 aliphatic rings. The van der Waals surface area contributed by atoms with E-state index >= 15 is 0 Å². The Morgan fingerprint density at radius 1 is 0.935 bits per heavy atom. The molecule has 2 N–H and O–H groups in total. The van der Waals surface area contributed by atoms with Gasteiger partial charge in [-0.05, 0) is 72.4 Å². The summed E-state index contributed by atoms with van der Waals surface area (Å²) in [6, 6.07) is 12.9. The van der Waals surface area contributed by atoms with Crippen LogP contribution in [0.1, 0.15) is 10.4 Å². The van der Waals surface area contributed by atoms with E-state index in [1.54, 1.807) is 0 Å². The number of carbonyl (C=O) groups excluding carboxylic acids is 1. The molecule has 1 aliphatic heterocycles. The van der Waals surface area contributed by atoms with Gasteiger partial charge in [0.2, 0.25) is 0 Å². The van der Waals surface area contributed by atoms with E-state index in [1.165, 1.54) is 54.6 Å². The average molecular weight is 480 g/mol. The molecule has 0 aliphatic carbocycles. The highest BCUT2D eigenvalue weighted by molar-refractivity contribution is 8.15. The van der Waals surface area contributed by atoms with Gasteiger partial charge >= 0.3 is 0 Å². The number of fused-ring (bicyclic) bond motifs is 1. The van der Waals surface area contributed by atoms with Crippen LogP contribution in [0.15, 0.2) is 74.9 Å². The summed E-state index contributed by atoms with van der Waals surface area (Å²) in [6.07, 6.45) is 0. The zero-order chi connectivity index (χ0) is 22.2. The fourth-order valence-corrected chi connectivity index (χ4v) is 5.56. The van der Waals surface area contributed by atoms with Crippen LogP contribution < -0.4 is 10.6 Å². The largest absolute Gasteiger partial charge is 0.334 e. The highest BCUT2D eigenvalue weighted by Crippen LogP contribution is 2.38. The van der Waals surface area contributed by atoms with Gasteiger partial charge in [-0.15, -0.1) is 4.40 Å². The van der Waals surface area contributed by atoms with Crippen LogP contribution in [0.4, 0.5) is 20.2 Å². The monoisotopic (exact) mass is 479 g/mol. The number of carbonyl (C=O) groups is 1. The second-order valence-corrected chi connectivity index (χ2v) is 9.36. The zero-order valence-corrected chi connectivity index (χ0v) is 17.8. The molecule has 0 unspecified atom stereocenters. The smallest absolute Gasteiger partial charge is 0.285 e. The van der Waals surface area contributed by atoms with Crippen LogP contribution in [0, 0.1) is 11.6 Å². The van der Waals surface area contributed by atoms with Gasteiger partial charge in [0.05, 0.1) is 10.6 Å². The van der Waals surface area contributed by atoms with Crippen molar-refractivity contribution in [2.24, 2.45) is 4.40 Å². The summed E-state index contributed by atoms with van der Waals surface area (Å²) in [5.41, 5.74) is 0.702. The number of hydrogen-bond donors (Lipinski definition) is 2. The molecule has 0 aromatic heterocycles. The summed E-state index contributed by atoms with van der Waals surface area (Å²) in [5.74, 6) is -1.55. The fourth-order valence-electron chi connectivity index (χ4n) is 2.71. The van der Waals surface area contributed by atoms with E-state index in [-0.39, 0.29) is 25.5 Å². The number of rotatable bonds is 3. The lowest BCUT2D eigenvalue weighted by molar-refractivity contribution is 0.102. The van der Waals surface area contributed by atoms with Gasteiger partial charge in [0.1, 0.15) is 16.5 Å². The number of amides is 1. The van der Waals surface area contributed by atoms with Crippen molar-refractivity contribution < 1.29 is 22.0 Å². The van der Waals surface area contributed by atoms with Gasteiger partial charge in [0.25, 0.3) is 15.9 Å². The van der Waals surface area contributed by atoms with Crippen LogP contribution in [0.5, 0.6) is 0 Å². The molecule has 1 amide bonds. The minimum atomic E-state index is -4.13. The second-order valence-electron chi connectivity index (χ2n) is 6.35. The van der Waals surface area contributed by atoms with Crippen molar-refractivity contribution in [1.29, 1.82) is 0 Å². The third-order valence-corrected chi connectivity index (χ3v) is 6.98. The summed E-state index contributed by atoms with van der Waals surface area (Å²) in [6.45, 7) is 0. The Hall–Kier alpha value is -2.95. The SMILES string of the molecule is O=C(Nc1ccc(F)cc1)c1cc2c(cc1Cl)SC(Nc1ccc(F)cc1)=NS2(=O)=O. The molecule has 1 heterocycles. The number of anilines is 2. The van der Waals surface area contributed by atoms with Crippen molar-refractivity contribution in [2.45, 2.75) is 9.79 Å². The summed E-state index contributed by atoms with van der Waals surface area (Å²) in [7, 11) is -4.13. The number of nitrogens with zero attached hydrogens (tertiary/aromatic N) is 1. The Labute approximate surface area is 185 Å². The quantitative estimate of drug-likeness (QED) is 0.543. The predicted octanol–water partition coefficient (Wildman–Crippen LogP) is 5.13. The number of benzene rings is 3.